The molecule has 1 atom stereocenters. The Morgan fingerprint density at radius 1 is 1.26 bits per heavy atom. The van der Waals surface area contributed by atoms with Crippen molar-refractivity contribution in [2.45, 2.75) is 39.3 Å². The van der Waals surface area contributed by atoms with Gasteiger partial charge in [0.05, 0.1) is 0 Å². The molecule has 0 saturated carbocycles. The number of benzene rings is 1. The molecule has 2 rings (SSSR count). The van der Waals surface area contributed by atoms with Crippen molar-refractivity contribution in [2.75, 3.05) is 6.54 Å². The number of carboxylic acids is 1. The van der Waals surface area contributed by atoms with Gasteiger partial charge < -0.3 is 15.3 Å². The van der Waals surface area contributed by atoms with Gasteiger partial charge in [0.2, 0.25) is 5.91 Å². The van der Waals surface area contributed by atoms with E-state index in [0.29, 0.717) is 18.5 Å². The van der Waals surface area contributed by atoms with Crippen LogP contribution in [-0.2, 0) is 16.1 Å². The van der Waals surface area contributed by atoms with Crippen LogP contribution in [0.15, 0.2) is 24.3 Å². The van der Waals surface area contributed by atoms with E-state index in [9.17, 15) is 14.4 Å². The van der Waals surface area contributed by atoms with E-state index in [1.54, 1.807) is 43.0 Å². The van der Waals surface area contributed by atoms with Crippen LogP contribution in [0.4, 0.5) is 0 Å². The Morgan fingerprint density at radius 3 is 2.39 bits per heavy atom. The molecule has 0 unspecified atom stereocenters. The third kappa shape index (κ3) is 4.31. The van der Waals surface area contributed by atoms with Crippen LogP contribution in [-0.4, -0.2) is 40.4 Å². The van der Waals surface area contributed by atoms with Gasteiger partial charge in [0, 0.05) is 25.1 Å². The second kappa shape index (κ2) is 7.26. The minimum atomic E-state index is -1.04. The van der Waals surface area contributed by atoms with E-state index in [0.717, 1.165) is 18.5 Å². The topological polar surface area (TPSA) is 86.7 Å². The minimum absolute atomic E-state index is 0.160. The highest BCUT2D eigenvalue weighted by molar-refractivity contribution is 5.96. The first-order valence-electron chi connectivity index (χ1n) is 7.79. The zero-order chi connectivity index (χ0) is 17.0. The molecule has 1 aliphatic rings. The van der Waals surface area contributed by atoms with E-state index in [2.05, 4.69) is 5.32 Å². The van der Waals surface area contributed by atoms with E-state index in [1.807, 2.05) is 0 Å². The van der Waals surface area contributed by atoms with Gasteiger partial charge in [0.25, 0.3) is 5.91 Å². The molecule has 1 fully saturated rings. The number of aliphatic carboxylic acids is 1. The number of hydrogen-bond donors (Lipinski definition) is 2. The third-order valence-electron chi connectivity index (χ3n) is 3.98. The van der Waals surface area contributed by atoms with E-state index >= 15 is 0 Å². The molecule has 0 aromatic heterocycles. The molecule has 6 nitrogen and oxygen atoms in total. The Labute approximate surface area is 135 Å². The minimum Gasteiger partial charge on any atom is -0.480 e. The third-order valence-corrected chi connectivity index (χ3v) is 3.98. The van der Waals surface area contributed by atoms with Crippen molar-refractivity contribution in [3.05, 3.63) is 35.4 Å². The highest BCUT2D eigenvalue weighted by Crippen LogP contribution is 2.15. The summed E-state index contributed by atoms with van der Waals surface area (Å²) in [4.78, 5) is 36.7. The number of likely N-dealkylation sites (tertiary alicyclic amines) is 1. The number of amides is 2. The summed E-state index contributed by atoms with van der Waals surface area (Å²) in [6.07, 6.45) is 1.50. The van der Waals surface area contributed by atoms with Gasteiger partial charge in [-0.1, -0.05) is 26.0 Å². The van der Waals surface area contributed by atoms with Crippen molar-refractivity contribution in [3.8, 4) is 0 Å². The van der Waals surface area contributed by atoms with Crippen LogP contribution in [0, 0.1) is 5.92 Å². The maximum absolute atomic E-state index is 12.1. The quantitative estimate of drug-likeness (QED) is 0.835. The molecular formula is C17H22N2O4. The molecule has 1 heterocycles. The van der Waals surface area contributed by atoms with E-state index in [1.165, 1.54) is 0 Å². The van der Waals surface area contributed by atoms with Crippen LogP contribution in [0.2, 0.25) is 0 Å². The van der Waals surface area contributed by atoms with Crippen molar-refractivity contribution in [2.24, 2.45) is 5.92 Å². The standard InChI is InChI=1S/C17H22N2O4/c1-11(2)15(17(22)23)18-16(21)13-7-5-12(6-8-13)10-19-9-3-4-14(19)20/h5-8,11,15H,3-4,9-10H2,1-2H3,(H,18,21)(H,22,23)/t15-/m1/s1. The fourth-order valence-corrected chi connectivity index (χ4v) is 2.59. The van der Waals surface area contributed by atoms with Gasteiger partial charge in [-0.3, -0.25) is 9.59 Å². The number of carbonyl (C=O) groups is 3. The normalized spacial score (nSPS) is 15.8. The lowest BCUT2D eigenvalue weighted by atomic mass is 10.0. The molecule has 23 heavy (non-hydrogen) atoms. The lowest BCUT2D eigenvalue weighted by molar-refractivity contribution is -0.140. The maximum Gasteiger partial charge on any atom is 0.326 e. The van der Waals surface area contributed by atoms with Crippen molar-refractivity contribution >= 4 is 17.8 Å². The summed E-state index contributed by atoms with van der Waals surface area (Å²) in [5, 5.41) is 11.6. The first-order chi connectivity index (χ1) is 10.9. The molecular weight excluding hydrogens is 296 g/mol. The number of hydrogen-bond acceptors (Lipinski definition) is 3. The Balaban J connectivity index is 1.99. The van der Waals surface area contributed by atoms with Crippen LogP contribution in [0.3, 0.4) is 0 Å². The summed E-state index contributed by atoms with van der Waals surface area (Å²) >= 11 is 0. The van der Waals surface area contributed by atoms with Crippen LogP contribution >= 0.6 is 0 Å². The zero-order valence-electron chi connectivity index (χ0n) is 13.4. The summed E-state index contributed by atoms with van der Waals surface area (Å²) in [6, 6.07) is 6.00. The van der Waals surface area contributed by atoms with E-state index in [-0.39, 0.29) is 11.8 Å². The molecule has 0 radical (unpaired) electrons. The molecule has 1 aromatic rings. The zero-order valence-corrected chi connectivity index (χ0v) is 13.4. The summed E-state index contributed by atoms with van der Waals surface area (Å²) in [6.45, 7) is 4.81. The second-order valence-corrected chi connectivity index (χ2v) is 6.15. The number of rotatable bonds is 6. The SMILES string of the molecule is CC(C)[C@@H](NC(=O)c1ccc(CN2CCCC2=O)cc1)C(=O)O. The van der Waals surface area contributed by atoms with Gasteiger partial charge in [-0.05, 0) is 30.0 Å². The first-order valence-corrected chi connectivity index (χ1v) is 7.79. The molecule has 6 heteroatoms. The van der Waals surface area contributed by atoms with Crippen molar-refractivity contribution in [1.82, 2.24) is 10.2 Å². The fourth-order valence-electron chi connectivity index (χ4n) is 2.59. The van der Waals surface area contributed by atoms with Gasteiger partial charge in [0.15, 0.2) is 0 Å². The van der Waals surface area contributed by atoms with Gasteiger partial charge in [-0.2, -0.15) is 0 Å². The average Bonchev–Trinajstić information content (AvgIpc) is 2.90. The molecule has 124 valence electrons. The molecule has 2 N–H and O–H groups in total. The Morgan fingerprint density at radius 2 is 1.91 bits per heavy atom. The molecule has 2 amide bonds. The fraction of sp³-hybridized carbons (Fsp3) is 0.471. The van der Waals surface area contributed by atoms with Crippen LogP contribution in [0.5, 0.6) is 0 Å². The van der Waals surface area contributed by atoms with Gasteiger partial charge in [-0.25, -0.2) is 4.79 Å². The lowest BCUT2D eigenvalue weighted by Gasteiger charge is -2.18. The van der Waals surface area contributed by atoms with Crippen LogP contribution in [0.25, 0.3) is 0 Å². The first kappa shape index (κ1) is 17.0. The molecule has 1 saturated heterocycles. The lowest BCUT2D eigenvalue weighted by Crippen LogP contribution is -2.44. The maximum atomic E-state index is 12.1. The Hall–Kier alpha value is -2.37. The summed E-state index contributed by atoms with van der Waals surface area (Å²) < 4.78 is 0. The average molecular weight is 318 g/mol. The molecule has 1 aromatic carbocycles. The van der Waals surface area contributed by atoms with Gasteiger partial charge in [-0.15, -0.1) is 0 Å². The van der Waals surface area contributed by atoms with Crippen LogP contribution in [0.1, 0.15) is 42.6 Å². The van der Waals surface area contributed by atoms with Crippen molar-refractivity contribution in [1.29, 1.82) is 0 Å². The monoisotopic (exact) mass is 318 g/mol. The van der Waals surface area contributed by atoms with Gasteiger partial charge in [0.1, 0.15) is 6.04 Å². The predicted molar refractivity (Wildman–Crippen MR) is 84.8 cm³/mol. The van der Waals surface area contributed by atoms with E-state index in [4.69, 9.17) is 5.11 Å². The van der Waals surface area contributed by atoms with Crippen molar-refractivity contribution in [3.63, 3.8) is 0 Å². The van der Waals surface area contributed by atoms with Gasteiger partial charge >= 0.3 is 5.97 Å². The Bertz CT molecular complexity index is 595. The number of nitrogens with one attached hydrogen (secondary N) is 1. The van der Waals surface area contributed by atoms with Crippen LogP contribution < -0.4 is 5.32 Å². The molecule has 0 spiro atoms. The number of carbonyl (C=O) groups excluding carboxylic acids is 2. The highest BCUT2D eigenvalue weighted by Gasteiger charge is 2.24. The van der Waals surface area contributed by atoms with Crippen molar-refractivity contribution < 1.29 is 19.5 Å². The molecule has 0 aliphatic carbocycles. The van der Waals surface area contributed by atoms with E-state index < -0.39 is 17.9 Å². The summed E-state index contributed by atoms with van der Waals surface area (Å²) in [5.74, 6) is -1.49. The smallest absolute Gasteiger partial charge is 0.326 e. The highest BCUT2D eigenvalue weighted by atomic mass is 16.4. The molecule has 0 bridgehead atoms. The summed E-state index contributed by atoms with van der Waals surface area (Å²) in [7, 11) is 0. The second-order valence-electron chi connectivity index (χ2n) is 6.15. The Kier molecular flexibility index (Phi) is 5.36. The number of carboxylic acid groups (broad SMARTS) is 1. The largest absolute Gasteiger partial charge is 0.480 e. The summed E-state index contributed by atoms with van der Waals surface area (Å²) in [5.41, 5.74) is 1.36. The number of nitrogens with zero attached hydrogens (tertiary/aromatic N) is 1. The predicted octanol–water partition coefficient (Wildman–Crippen LogP) is 1.65. The molecule has 1 aliphatic heterocycles.